The van der Waals surface area contributed by atoms with Crippen molar-refractivity contribution in [3.05, 3.63) is 11.4 Å². The maximum absolute atomic E-state index is 12.3. The van der Waals surface area contributed by atoms with E-state index in [2.05, 4.69) is 15.0 Å². The van der Waals surface area contributed by atoms with Crippen LogP contribution in [0.15, 0.2) is 0 Å². The molecule has 0 spiro atoms. The summed E-state index contributed by atoms with van der Waals surface area (Å²) in [6.07, 6.45) is 0.549. The Bertz CT molecular complexity index is 480. The van der Waals surface area contributed by atoms with Gasteiger partial charge in [0.05, 0.1) is 12.8 Å². The van der Waals surface area contributed by atoms with Gasteiger partial charge in [0.15, 0.2) is 5.69 Å². The highest BCUT2D eigenvalue weighted by molar-refractivity contribution is 5.88. The summed E-state index contributed by atoms with van der Waals surface area (Å²) in [5.74, 6) is -0.568. The number of hydrogen-bond acceptors (Lipinski definition) is 5. The highest BCUT2D eigenvalue weighted by Crippen LogP contribution is 2.16. The summed E-state index contributed by atoms with van der Waals surface area (Å²) in [7, 11) is 1.30. The zero-order chi connectivity index (χ0) is 15.3. The van der Waals surface area contributed by atoms with Crippen molar-refractivity contribution >= 4 is 11.9 Å². The minimum Gasteiger partial charge on any atom is -0.464 e. The molecule has 0 radical (unpaired) electrons. The fraction of sp³-hybridized carbons (Fsp3) is 0.692. The van der Waals surface area contributed by atoms with E-state index >= 15 is 0 Å². The first-order valence-electron chi connectivity index (χ1n) is 6.82. The van der Waals surface area contributed by atoms with E-state index in [1.54, 1.807) is 11.8 Å². The summed E-state index contributed by atoms with van der Waals surface area (Å²) in [6.45, 7) is 8.78. The third kappa shape index (κ3) is 2.97. The molecule has 112 valence electrons. The number of carbonyl (C=O) groups excluding carboxylic acids is 2. The predicted molar refractivity (Wildman–Crippen MR) is 73.4 cm³/mol. The lowest BCUT2D eigenvalue weighted by Crippen LogP contribution is -2.36. The van der Waals surface area contributed by atoms with Crippen LogP contribution in [0.25, 0.3) is 0 Å². The van der Waals surface area contributed by atoms with Crippen LogP contribution in [0.4, 0.5) is 0 Å². The van der Waals surface area contributed by atoms with Crippen molar-refractivity contribution in [3.63, 3.8) is 0 Å². The van der Waals surface area contributed by atoms with Gasteiger partial charge in [0, 0.05) is 13.1 Å². The number of amides is 1. The molecule has 0 bridgehead atoms. The van der Waals surface area contributed by atoms with Crippen molar-refractivity contribution in [1.29, 1.82) is 0 Å². The van der Waals surface area contributed by atoms with Gasteiger partial charge >= 0.3 is 5.97 Å². The van der Waals surface area contributed by atoms with E-state index in [0.717, 1.165) is 0 Å². The van der Waals surface area contributed by atoms with Crippen molar-refractivity contribution in [1.82, 2.24) is 19.9 Å². The first kappa shape index (κ1) is 16.1. The van der Waals surface area contributed by atoms with Crippen LogP contribution < -0.4 is 0 Å². The van der Waals surface area contributed by atoms with Gasteiger partial charge < -0.3 is 9.64 Å². The van der Waals surface area contributed by atoms with Crippen molar-refractivity contribution in [3.8, 4) is 0 Å². The van der Waals surface area contributed by atoms with Crippen molar-refractivity contribution in [2.45, 2.75) is 40.2 Å². The molecule has 0 aliphatic heterocycles. The van der Waals surface area contributed by atoms with E-state index in [1.165, 1.54) is 11.8 Å². The van der Waals surface area contributed by atoms with E-state index in [4.69, 9.17) is 0 Å². The fourth-order valence-corrected chi connectivity index (χ4v) is 2.11. The molecule has 7 nitrogen and oxygen atoms in total. The standard InChI is InChI=1S/C13H22N4O3/c1-6-10-11(13(19)20-5)14-15-17(10)9(4)12(18)16(7-2)8-3/h9H,6-8H2,1-5H3. The van der Waals surface area contributed by atoms with Crippen LogP contribution in [0, 0.1) is 0 Å². The van der Waals surface area contributed by atoms with E-state index < -0.39 is 12.0 Å². The zero-order valence-electron chi connectivity index (χ0n) is 12.7. The molecule has 1 aromatic rings. The summed E-state index contributed by atoms with van der Waals surface area (Å²) < 4.78 is 6.18. The van der Waals surface area contributed by atoms with Gasteiger partial charge in [-0.2, -0.15) is 0 Å². The number of carbonyl (C=O) groups is 2. The van der Waals surface area contributed by atoms with Gasteiger partial charge in [-0.05, 0) is 27.2 Å². The zero-order valence-corrected chi connectivity index (χ0v) is 12.7. The first-order valence-corrected chi connectivity index (χ1v) is 6.82. The topological polar surface area (TPSA) is 77.3 Å². The molecule has 0 saturated heterocycles. The quantitative estimate of drug-likeness (QED) is 0.729. The Morgan fingerprint density at radius 2 is 1.90 bits per heavy atom. The Balaban J connectivity index is 3.10. The predicted octanol–water partition coefficient (Wildman–Crippen LogP) is 1.06. The lowest BCUT2D eigenvalue weighted by molar-refractivity contribution is -0.134. The Hall–Kier alpha value is -1.92. The summed E-state index contributed by atoms with van der Waals surface area (Å²) in [6, 6.07) is -0.490. The monoisotopic (exact) mass is 282 g/mol. The Morgan fingerprint density at radius 3 is 2.35 bits per heavy atom. The van der Waals surface area contributed by atoms with Gasteiger partial charge in [-0.1, -0.05) is 12.1 Å². The molecule has 0 N–H and O–H groups in total. The van der Waals surface area contributed by atoms with Crippen molar-refractivity contribution in [2.24, 2.45) is 0 Å². The second-order valence-corrected chi connectivity index (χ2v) is 4.36. The minimum atomic E-state index is -0.532. The minimum absolute atomic E-state index is 0.0361. The molecule has 1 aromatic heterocycles. The van der Waals surface area contributed by atoms with Crippen molar-refractivity contribution < 1.29 is 14.3 Å². The molecular formula is C13H22N4O3. The fourth-order valence-electron chi connectivity index (χ4n) is 2.11. The molecule has 1 rings (SSSR count). The number of ether oxygens (including phenoxy) is 1. The first-order chi connectivity index (χ1) is 9.51. The molecule has 0 aliphatic carbocycles. The number of esters is 1. The number of nitrogens with zero attached hydrogens (tertiary/aromatic N) is 4. The van der Waals surface area contributed by atoms with Gasteiger partial charge in [0.25, 0.3) is 0 Å². The van der Waals surface area contributed by atoms with Crippen molar-refractivity contribution in [2.75, 3.05) is 20.2 Å². The average molecular weight is 282 g/mol. The van der Waals surface area contributed by atoms with Crippen LogP contribution in [-0.4, -0.2) is 52.0 Å². The average Bonchev–Trinajstić information content (AvgIpc) is 2.90. The highest BCUT2D eigenvalue weighted by atomic mass is 16.5. The maximum Gasteiger partial charge on any atom is 0.360 e. The van der Waals surface area contributed by atoms with Gasteiger partial charge in [0.2, 0.25) is 5.91 Å². The number of methoxy groups -OCH3 is 1. The number of rotatable bonds is 6. The lowest BCUT2D eigenvalue weighted by Gasteiger charge is -2.23. The Kier molecular flexibility index (Phi) is 5.66. The Morgan fingerprint density at radius 1 is 1.30 bits per heavy atom. The molecule has 1 atom stereocenters. The maximum atomic E-state index is 12.3. The summed E-state index contributed by atoms with van der Waals surface area (Å²) in [5.41, 5.74) is 0.791. The van der Waals surface area contributed by atoms with Crippen LogP contribution in [0.3, 0.4) is 0 Å². The molecule has 0 aliphatic rings. The molecule has 0 fully saturated rings. The van der Waals surface area contributed by atoms with Crippen LogP contribution in [0.2, 0.25) is 0 Å². The van der Waals surface area contributed by atoms with Gasteiger partial charge in [-0.15, -0.1) is 5.10 Å². The molecular weight excluding hydrogens is 260 g/mol. The van der Waals surface area contributed by atoms with E-state index in [-0.39, 0.29) is 11.6 Å². The molecule has 1 amide bonds. The lowest BCUT2D eigenvalue weighted by atomic mass is 10.2. The largest absolute Gasteiger partial charge is 0.464 e. The normalized spacial score (nSPS) is 12.1. The number of aromatic nitrogens is 3. The SMILES string of the molecule is CCc1c(C(=O)OC)nnn1C(C)C(=O)N(CC)CC. The molecule has 7 heteroatoms. The highest BCUT2D eigenvalue weighted by Gasteiger charge is 2.26. The second-order valence-electron chi connectivity index (χ2n) is 4.36. The van der Waals surface area contributed by atoms with Gasteiger partial charge in [0.1, 0.15) is 6.04 Å². The van der Waals surface area contributed by atoms with Crippen LogP contribution in [0.5, 0.6) is 0 Å². The van der Waals surface area contributed by atoms with E-state index in [9.17, 15) is 9.59 Å². The summed E-state index contributed by atoms with van der Waals surface area (Å²) in [4.78, 5) is 25.7. The van der Waals surface area contributed by atoms with Crippen LogP contribution in [0.1, 0.15) is 49.9 Å². The van der Waals surface area contributed by atoms with Crippen LogP contribution >= 0.6 is 0 Å². The smallest absolute Gasteiger partial charge is 0.360 e. The van der Waals surface area contributed by atoms with Gasteiger partial charge in [-0.3, -0.25) is 4.79 Å². The Labute approximate surface area is 118 Å². The van der Waals surface area contributed by atoms with Gasteiger partial charge in [-0.25, -0.2) is 9.48 Å². The number of hydrogen-bond donors (Lipinski definition) is 0. The summed E-state index contributed by atoms with van der Waals surface area (Å²) in [5, 5.41) is 7.79. The second kappa shape index (κ2) is 7.02. The third-order valence-corrected chi connectivity index (χ3v) is 3.30. The van der Waals surface area contributed by atoms with Crippen LogP contribution in [-0.2, 0) is 16.0 Å². The molecule has 1 heterocycles. The molecule has 0 aromatic carbocycles. The summed E-state index contributed by atoms with van der Waals surface area (Å²) >= 11 is 0. The number of likely N-dealkylation sites (N-methyl/N-ethyl adjacent to an activating group) is 1. The van der Waals surface area contributed by atoms with E-state index in [1.807, 2.05) is 20.8 Å². The molecule has 20 heavy (non-hydrogen) atoms. The molecule has 0 saturated carbocycles. The van der Waals surface area contributed by atoms with E-state index in [0.29, 0.717) is 25.2 Å². The third-order valence-electron chi connectivity index (χ3n) is 3.30. The molecule has 1 unspecified atom stereocenters.